The van der Waals surface area contributed by atoms with Crippen LogP contribution in [0.1, 0.15) is 19.3 Å². The molecule has 0 saturated carbocycles. The predicted molar refractivity (Wildman–Crippen MR) is 71.0 cm³/mol. The maximum absolute atomic E-state index is 6.01. The summed E-state index contributed by atoms with van der Waals surface area (Å²) in [6.45, 7) is 2.00. The molecule has 1 aliphatic rings. The Kier molecular flexibility index (Phi) is 4.42. The molecule has 0 radical (unpaired) electrons. The molecule has 1 unspecified atom stereocenters. The Morgan fingerprint density at radius 1 is 1.41 bits per heavy atom. The van der Waals surface area contributed by atoms with Crippen LogP contribution in [0.25, 0.3) is 0 Å². The molecule has 1 N–H and O–H groups in total. The Balaban J connectivity index is 2.02. The van der Waals surface area contributed by atoms with Crippen LogP contribution in [0.3, 0.4) is 0 Å². The molecule has 2 heterocycles. The summed E-state index contributed by atoms with van der Waals surface area (Å²) < 4.78 is 0. The van der Waals surface area contributed by atoms with Crippen LogP contribution in [0.2, 0.25) is 10.3 Å². The molecule has 0 bridgehead atoms. The maximum Gasteiger partial charge on any atom is 0.175 e. The Morgan fingerprint density at radius 3 is 2.94 bits per heavy atom. The number of nitrogens with zero attached hydrogens (tertiary/aromatic N) is 3. The first-order chi connectivity index (χ1) is 8.16. The van der Waals surface area contributed by atoms with E-state index in [0.29, 0.717) is 16.3 Å². The Labute approximate surface area is 111 Å². The van der Waals surface area contributed by atoms with Crippen molar-refractivity contribution in [3.05, 3.63) is 16.4 Å². The Hall–Kier alpha value is -0.580. The van der Waals surface area contributed by atoms with Gasteiger partial charge in [0.25, 0.3) is 0 Å². The van der Waals surface area contributed by atoms with E-state index in [4.69, 9.17) is 23.2 Å². The molecule has 17 heavy (non-hydrogen) atoms. The second-order valence-electron chi connectivity index (χ2n) is 4.37. The van der Waals surface area contributed by atoms with Crippen molar-refractivity contribution in [1.82, 2.24) is 15.5 Å². The molecule has 4 nitrogen and oxygen atoms in total. The van der Waals surface area contributed by atoms with E-state index in [9.17, 15) is 0 Å². The summed E-state index contributed by atoms with van der Waals surface area (Å²) in [5.74, 6) is 0. The van der Waals surface area contributed by atoms with Crippen LogP contribution in [0.5, 0.6) is 0 Å². The maximum atomic E-state index is 6.01. The fourth-order valence-corrected chi connectivity index (χ4v) is 2.50. The molecule has 1 aromatic heterocycles. The third kappa shape index (κ3) is 3.44. The number of hydrogen-bond acceptors (Lipinski definition) is 4. The normalized spacial score (nSPS) is 20.3. The van der Waals surface area contributed by atoms with E-state index in [-0.39, 0.29) is 0 Å². The van der Waals surface area contributed by atoms with Gasteiger partial charge in [0.05, 0.1) is 5.69 Å². The Morgan fingerprint density at radius 2 is 2.24 bits per heavy atom. The molecule has 1 aliphatic heterocycles. The van der Waals surface area contributed by atoms with E-state index >= 15 is 0 Å². The standard InChI is InChI=1S/C11H16Cl2N4/c1-17(7-8-4-2-3-5-14-8)9-6-10(12)15-16-11(9)13/h6,8,14H,2-5,7H2,1H3. The number of nitrogens with one attached hydrogen (secondary N) is 1. The van der Waals surface area contributed by atoms with Gasteiger partial charge in [0.2, 0.25) is 0 Å². The smallest absolute Gasteiger partial charge is 0.175 e. The number of halogens is 2. The third-order valence-corrected chi connectivity index (χ3v) is 3.47. The van der Waals surface area contributed by atoms with E-state index in [1.807, 2.05) is 7.05 Å². The van der Waals surface area contributed by atoms with Crippen LogP contribution in [0, 0.1) is 0 Å². The summed E-state index contributed by atoms with van der Waals surface area (Å²) in [5.41, 5.74) is 0.832. The first kappa shape index (κ1) is 12.9. The van der Waals surface area contributed by atoms with Crippen molar-refractivity contribution in [3.8, 4) is 0 Å². The van der Waals surface area contributed by atoms with Crippen molar-refractivity contribution in [3.63, 3.8) is 0 Å². The minimum absolute atomic E-state index is 0.368. The molecule has 0 aromatic carbocycles. The molecule has 94 valence electrons. The largest absolute Gasteiger partial charge is 0.370 e. The summed E-state index contributed by atoms with van der Waals surface area (Å²) in [5, 5.41) is 11.8. The highest BCUT2D eigenvalue weighted by atomic mass is 35.5. The molecular formula is C11H16Cl2N4. The van der Waals surface area contributed by atoms with Gasteiger partial charge in [-0.2, -0.15) is 0 Å². The first-order valence-electron chi connectivity index (χ1n) is 5.80. The SMILES string of the molecule is CN(CC1CCCCN1)c1cc(Cl)nnc1Cl. The molecule has 6 heteroatoms. The van der Waals surface area contributed by atoms with Gasteiger partial charge in [-0.3, -0.25) is 0 Å². The zero-order chi connectivity index (χ0) is 12.3. The highest BCUT2D eigenvalue weighted by Gasteiger charge is 2.17. The monoisotopic (exact) mass is 274 g/mol. The topological polar surface area (TPSA) is 41.0 Å². The van der Waals surface area contributed by atoms with E-state index in [1.54, 1.807) is 6.07 Å². The van der Waals surface area contributed by atoms with Crippen molar-refractivity contribution in [2.24, 2.45) is 0 Å². The van der Waals surface area contributed by atoms with Crippen LogP contribution in [-0.2, 0) is 0 Å². The predicted octanol–water partition coefficient (Wildman–Crippen LogP) is 2.36. The highest BCUT2D eigenvalue weighted by molar-refractivity contribution is 6.33. The summed E-state index contributed by atoms with van der Waals surface area (Å²) >= 11 is 11.8. The average molecular weight is 275 g/mol. The van der Waals surface area contributed by atoms with Gasteiger partial charge in [-0.15, -0.1) is 10.2 Å². The second-order valence-corrected chi connectivity index (χ2v) is 5.12. The van der Waals surface area contributed by atoms with E-state index in [0.717, 1.165) is 18.8 Å². The highest BCUT2D eigenvalue weighted by Crippen LogP contribution is 2.24. The lowest BCUT2D eigenvalue weighted by molar-refractivity contribution is 0.403. The van der Waals surface area contributed by atoms with Gasteiger partial charge in [-0.1, -0.05) is 29.6 Å². The molecular weight excluding hydrogens is 259 g/mol. The van der Waals surface area contributed by atoms with E-state index in [2.05, 4.69) is 20.4 Å². The minimum atomic E-state index is 0.368. The number of piperidine rings is 1. The lowest BCUT2D eigenvalue weighted by Crippen LogP contribution is -2.42. The van der Waals surface area contributed by atoms with Crippen molar-refractivity contribution < 1.29 is 0 Å². The van der Waals surface area contributed by atoms with Crippen LogP contribution < -0.4 is 10.2 Å². The second kappa shape index (κ2) is 5.85. The van der Waals surface area contributed by atoms with E-state index < -0.39 is 0 Å². The van der Waals surface area contributed by atoms with Crippen molar-refractivity contribution >= 4 is 28.9 Å². The summed E-state index contributed by atoms with van der Waals surface area (Å²) in [6.07, 6.45) is 3.76. The zero-order valence-electron chi connectivity index (χ0n) is 9.79. The number of likely N-dealkylation sites (N-methyl/N-ethyl adjacent to an activating group) is 1. The van der Waals surface area contributed by atoms with Gasteiger partial charge in [-0.05, 0) is 19.4 Å². The van der Waals surface area contributed by atoms with Gasteiger partial charge in [-0.25, -0.2) is 0 Å². The molecule has 1 atom stereocenters. The van der Waals surface area contributed by atoms with Crippen LogP contribution >= 0.6 is 23.2 Å². The van der Waals surface area contributed by atoms with Gasteiger partial charge in [0.1, 0.15) is 0 Å². The Bertz CT molecular complexity index is 380. The molecule has 1 saturated heterocycles. The van der Waals surface area contributed by atoms with Crippen LogP contribution in [0.4, 0.5) is 5.69 Å². The van der Waals surface area contributed by atoms with Crippen LogP contribution in [-0.4, -0.2) is 36.4 Å². The molecule has 2 rings (SSSR count). The summed E-state index contributed by atoms with van der Waals surface area (Å²) in [7, 11) is 2.00. The van der Waals surface area contributed by atoms with Crippen LogP contribution in [0.15, 0.2) is 6.07 Å². The number of rotatable bonds is 3. The molecule has 0 spiro atoms. The molecule has 1 aromatic rings. The zero-order valence-corrected chi connectivity index (χ0v) is 11.3. The quantitative estimate of drug-likeness (QED) is 0.919. The van der Waals surface area contributed by atoms with E-state index in [1.165, 1.54) is 19.3 Å². The van der Waals surface area contributed by atoms with Gasteiger partial charge in [0.15, 0.2) is 10.3 Å². The summed E-state index contributed by atoms with van der Waals surface area (Å²) in [6, 6.07) is 2.26. The fraction of sp³-hybridized carbons (Fsp3) is 0.636. The van der Waals surface area contributed by atoms with Crippen molar-refractivity contribution in [2.75, 3.05) is 25.0 Å². The van der Waals surface area contributed by atoms with Gasteiger partial charge >= 0.3 is 0 Å². The van der Waals surface area contributed by atoms with Gasteiger partial charge < -0.3 is 10.2 Å². The number of anilines is 1. The van der Waals surface area contributed by atoms with Crippen molar-refractivity contribution in [2.45, 2.75) is 25.3 Å². The fourth-order valence-electron chi connectivity index (χ4n) is 2.12. The molecule has 0 aliphatic carbocycles. The molecule has 1 fully saturated rings. The number of aromatic nitrogens is 2. The van der Waals surface area contributed by atoms with Gasteiger partial charge in [0, 0.05) is 25.7 Å². The van der Waals surface area contributed by atoms with Crippen molar-refractivity contribution in [1.29, 1.82) is 0 Å². The first-order valence-corrected chi connectivity index (χ1v) is 6.55. The minimum Gasteiger partial charge on any atom is -0.370 e. The average Bonchev–Trinajstić information content (AvgIpc) is 2.33. The number of hydrogen-bond donors (Lipinski definition) is 1. The molecule has 0 amide bonds. The lowest BCUT2D eigenvalue weighted by atomic mass is 10.0. The lowest BCUT2D eigenvalue weighted by Gasteiger charge is -2.29. The third-order valence-electron chi connectivity index (χ3n) is 3.02. The summed E-state index contributed by atoms with van der Waals surface area (Å²) in [4.78, 5) is 2.08.